The van der Waals surface area contributed by atoms with Gasteiger partial charge >= 0.3 is 0 Å². The Morgan fingerprint density at radius 1 is 1.14 bits per heavy atom. The number of aryl methyl sites for hydroxylation is 1. The molecule has 1 fully saturated rings. The number of nitrogens with one attached hydrogen (secondary N) is 2. The summed E-state index contributed by atoms with van der Waals surface area (Å²) in [6.45, 7) is 5.02. The minimum Gasteiger partial charge on any atom is -0.508 e. The Kier molecular flexibility index (Phi) is 8.04. The van der Waals surface area contributed by atoms with Gasteiger partial charge in [0.2, 0.25) is 11.8 Å². The Balaban J connectivity index is 1.46. The van der Waals surface area contributed by atoms with Gasteiger partial charge in [-0.2, -0.15) is 0 Å². The summed E-state index contributed by atoms with van der Waals surface area (Å²) in [7, 11) is 0. The van der Waals surface area contributed by atoms with E-state index < -0.39 is 0 Å². The summed E-state index contributed by atoms with van der Waals surface area (Å²) in [4.78, 5) is 24.5. The summed E-state index contributed by atoms with van der Waals surface area (Å²) in [5.41, 5.74) is 3.03. The molecule has 0 bridgehead atoms. The minimum absolute atomic E-state index is 0.0688. The molecule has 2 aromatic carbocycles. The molecule has 2 heterocycles. The van der Waals surface area contributed by atoms with Crippen LogP contribution in [0.5, 0.6) is 5.75 Å². The van der Waals surface area contributed by atoms with Crippen molar-refractivity contribution in [3.8, 4) is 17.1 Å². The quantitative estimate of drug-likeness (QED) is 0.380. The summed E-state index contributed by atoms with van der Waals surface area (Å²) in [6.07, 6.45) is 2.43. The van der Waals surface area contributed by atoms with Crippen molar-refractivity contribution in [1.82, 2.24) is 14.8 Å². The predicted octanol–water partition coefficient (Wildman–Crippen LogP) is 4.22. The van der Waals surface area contributed by atoms with Crippen molar-refractivity contribution in [1.29, 1.82) is 0 Å². The first-order chi connectivity index (χ1) is 16.9. The summed E-state index contributed by atoms with van der Waals surface area (Å²) < 4.78 is 7.79. The second-order valence-corrected chi connectivity index (χ2v) is 9.31. The van der Waals surface area contributed by atoms with E-state index in [-0.39, 0.29) is 29.4 Å². The number of aromatic hydroxyl groups is 1. The monoisotopic (exact) mass is 495 g/mol. The first-order valence-electron chi connectivity index (χ1n) is 11.6. The van der Waals surface area contributed by atoms with Crippen molar-refractivity contribution in [3.05, 3.63) is 48.0 Å². The van der Waals surface area contributed by atoms with Crippen molar-refractivity contribution in [3.63, 3.8) is 0 Å². The Bertz CT molecular complexity index is 1190. The van der Waals surface area contributed by atoms with Crippen LogP contribution in [0.25, 0.3) is 11.4 Å². The van der Waals surface area contributed by atoms with E-state index >= 15 is 0 Å². The number of nitrogens with zero attached hydrogens (tertiary/aromatic N) is 3. The number of carbonyl (C=O) groups is 2. The molecule has 3 N–H and O–H groups in total. The lowest BCUT2D eigenvalue weighted by atomic mass is 10.1. The highest BCUT2D eigenvalue weighted by Crippen LogP contribution is 2.28. The summed E-state index contributed by atoms with van der Waals surface area (Å²) >= 11 is 1.30. The van der Waals surface area contributed by atoms with Crippen LogP contribution in [0.3, 0.4) is 0 Å². The average molecular weight is 496 g/mol. The van der Waals surface area contributed by atoms with E-state index in [4.69, 9.17) is 4.74 Å². The van der Waals surface area contributed by atoms with Gasteiger partial charge in [0.25, 0.3) is 0 Å². The molecule has 35 heavy (non-hydrogen) atoms. The van der Waals surface area contributed by atoms with Crippen LogP contribution in [0.4, 0.5) is 11.4 Å². The van der Waals surface area contributed by atoms with Crippen LogP contribution in [0.1, 0.15) is 31.7 Å². The van der Waals surface area contributed by atoms with Crippen molar-refractivity contribution in [2.75, 3.05) is 23.0 Å². The van der Waals surface area contributed by atoms with Gasteiger partial charge in [-0.3, -0.25) is 14.2 Å². The van der Waals surface area contributed by atoms with Gasteiger partial charge in [-0.15, -0.1) is 10.2 Å². The number of phenolic OH excluding ortho intramolecular Hbond substituents is 1. The van der Waals surface area contributed by atoms with Crippen LogP contribution >= 0.6 is 11.8 Å². The Morgan fingerprint density at radius 2 is 1.94 bits per heavy atom. The molecule has 1 saturated heterocycles. The number of thioether (sulfide) groups is 1. The standard InChI is InChI=1S/C25H29N5O4S/c1-3-22(32)27-21-13-18(9-6-16(21)2)26-23(33)15-35-25-29-28-24(17-7-10-19(31)11-8-17)30(25)14-20-5-4-12-34-20/h6-11,13,20,31H,3-5,12,14-15H2,1-2H3,(H,26,33)(H,27,32)/t20-/m0/s1. The normalized spacial score (nSPS) is 15.2. The van der Waals surface area contributed by atoms with E-state index in [0.29, 0.717) is 35.3 Å². The molecular weight excluding hydrogens is 466 g/mol. The van der Waals surface area contributed by atoms with Gasteiger partial charge in [0.05, 0.1) is 18.4 Å². The van der Waals surface area contributed by atoms with Crippen molar-refractivity contribution < 1.29 is 19.4 Å². The number of rotatable bonds is 9. The third kappa shape index (κ3) is 6.40. The molecule has 9 nitrogen and oxygen atoms in total. The molecule has 1 aliphatic rings. The van der Waals surface area contributed by atoms with E-state index in [9.17, 15) is 14.7 Å². The van der Waals surface area contributed by atoms with Gasteiger partial charge in [0.1, 0.15) is 5.75 Å². The third-order valence-electron chi connectivity index (χ3n) is 5.70. The van der Waals surface area contributed by atoms with Gasteiger partial charge < -0.3 is 20.5 Å². The Morgan fingerprint density at radius 3 is 2.66 bits per heavy atom. The lowest BCUT2D eigenvalue weighted by molar-refractivity contribution is -0.116. The first-order valence-corrected chi connectivity index (χ1v) is 12.6. The number of ether oxygens (including phenoxy) is 1. The van der Waals surface area contributed by atoms with E-state index in [1.54, 1.807) is 37.3 Å². The van der Waals surface area contributed by atoms with E-state index in [1.165, 1.54) is 11.8 Å². The van der Waals surface area contributed by atoms with Crippen LogP contribution in [0.2, 0.25) is 0 Å². The van der Waals surface area contributed by atoms with Gasteiger partial charge in [-0.25, -0.2) is 0 Å². The highest BCUT2D eigenvalue weighted by molar-refractivity contribution is 7.99. The number of phenols is 1. The first kappa shape index (κ1) is 24.7. The SMILES string of the molecule is CCC(=O)Nc1cc(NC(=O)CSc2nnc(-c3ccc(O)cc3)n2C[C@@H]2CCCO2)ccc1C. The molecule has 2 amide bonds. The topological polar surface area (TPSA) is 118 Å². The van der Waals surface area contributed by atoms with Gasteiger partial charge in [0.15, 0.2) is 11.0 Å². The fraction of sp³-hybridized carbons (Fsp3) is 0.360. The van der Waals surface area contributed by atoms with Crippen molar-refractivity contribution in [2.24, 2.45) is 0 Å². The smallest absolute Gasteiger partial charge is 0.234 e. The van der Waals surface area contributed by atoms with E-state index in [0.717, 1.165) is 30.6 Å². The van der Waals surface area contributed by atoms with Gasteiger partial charge in [-0.05, 0) is 61.7 Å². The molecule has 184 valence electrons. The maximum Gasteiger partial charge on any atom is 0.234 e. The van der Waals surface area contributed by atoms with Gasteiger partial charge in [0, 0.05) is 30.0 Å². The minimum atomic E-state index is -0.190. The zero-order chi connectivity index (χ0) is 24.8. The number of hydrogen-bond acceptors (Lipinski definition) is 7. The second kappa shape index (κ2) is 11.4. The zero-order valence-electron chi connectivity index (χ0n) is 19.8. The summed E-state index contributed by atoms with van der Waals surface area (Å²) in [6, 6.07) is 12.2. The number of benzene rings is 2. The predicted molar refractivity (Wildman–Crippen MR) is 136 cm³/mol. The lowest BCUT2D eigenvalue weighted by Crippen LogP contribution is -2.18. The summed E-state index contributed by atoms with van der Waals surface area (Å²) in [5, 5.41) is 24.7. The molecule has 3 aromatic rings. The number of anilines is 2. The fourth-order valence-corrected chi connectivity index (χ4v) is 4.52. The van der Waals surface area contributed by atoms with Crippen molar-refractivity contribution >= 4 is 35.0 Å². The van der Waals surface area contributed by atoms with Gasteiger partial charge in [-0.1, -0.05) is 24.8 Å². The van der Waals surface area contributed by atoms with Crippen LogP contribution in [-0.2, 0) is 20.9 Å². The van der Waals surface area contributed by atoms with Crippen LogP contribution < -0.4 is 10.6 Å². The molecule has 0 aliphatic carbocycles. The molecule has 0 spiro atoms. The molecule has 1 aliphatic heterocycles. The van der Waals surface area contributed by atoms with Crippen LogP contribution in [0.15, 0.2) is 47.6 Å². The Labute approximate surface area is 208 Å². The number of aromatic nitrogens is 3. The number of carbonyl (C=O) groups excluding carboxylic acids is 2. The zero-order valence-corrected chi connectivity index (χ0v) is 20.6. The number of amides is 2. The maximum atomic E-state index is 12.7. The molecule has 1 aromatic heterocycles. The number of hydrogen-bond donors (Lipinski definition) is 3. The summed E-state index contributed by atoms with van der Waals surface area (Å²) in [5.74, 6) is 0.715. The fourth-order valence-electron chi connectivity index (χ4n) is 3.78. The van der Waals surface area contributed by atoms with E-state index in [2.05, 4.69) is 20.8 Å². The highest BCUT2D eigenvalue weighted by atomic mass is 32.2. The maximum absolute atomic E-state index is 12.7. The highest BCUT2D eigenvalue weighted by Gasteiger charge is 2.22. The molecule has 0 saturated carbocycles. The molecular formula is C25H29N5O4S. The lowest BCUT2D eigenvalue weighted by Gasteiger charge is -2.15. The second-order valence-electron chi connectivity index (χ2n) is 8.37. The molecule has 10 heteroatoms. The average Bonchev–Trinajstić information content (AvgIpc) is 3.51. The molecule has 1 atom stereocenters. The largest absolute Gasteiger partial charge is 0.508 e. The van der Waals surface area contributed by atoms with E-state index in [1.807, 2.05) is 23.6 Å². The molecule has 0 radical (unpaired) electrons. The van der Waals surface area contributed by atoms with Crippen LogP contribution in [-0.4, -0.2) is 50.1 Å². The Hall–Kier alpha value is -3.37. The molecule has 0 unspecified atom stereocenters. The third-order valence-corrected chi connectivity index (χ3v) is 6.67. The van der Waals surface area contributed by atoms with Crippen molar-refractivity contribution in [2.45, 2.75) is 50.9 Å². The molecule has 4 rings (SSSR count). The van der Waals surface area contributed by atoms with Crippen LogP contribution in [0, 0.1) is 6.92 Å².